The van der Waals surface area contributed by atoms with Crippen LogP contribution in [-0.2, 0) is 13.9 Å². The van der Waals surface area contributed by atoms with Crippen molar-refractivity contribution in [3.63, 3.8) is 0 Å². The summed E-state index contributed by atoms with van der Waals surface area (Å²) in [5.74, 6) is 0. The molecule has 0 aromatic heterocycles. The molecule has 1 aliphatic heterocycles. The molecule has 0 bridgehead atoms. The normalized spacial score (nSPS) is 21.3. The maximum atomic E-state index is 7.12. The summed E-state index contributed by atoms with van der Waals surface area (Å²) in [5.41, 5.74) is 0. The Kier molecular flexibility index (Phi) is 7.90. The van der Waals surface area contributed by atoms with E-state index in [-0.39, 0.29) is 37.2 Å². The van der Waals surface area contributed by atoms with Crippen LogP contribution in [0.2, 0.25) is 5.04 Å². The summed E-state index contributed by atoms with van der Waals surface area (Å²) in [7, 11) is -0.792. The van der Waals surface area contributed by atoms with Crippen LogP contribution in [0.1, 0.15) is 27.2 Å². The van der Waals surface area contributed by atoms with Gasteiger partial charge in [0, 0.05) is 0 Å². The van der Waals surface area contributed by atoms with Crippen molar-refractivity contribution in [2.45, 2.75) is 49.4 Å². The second-order valence-electron chi connectivity index (χ2n) is 9.52. The summed E-state index contributed by atoms with van der Waals surface area (Å²) < 4.78 is 20.9. The van der Waals surface area contributed by atoms with Gasteiger partial charge < -0.3 is 0 Å². The number of methoxy groups -OCH3 is 1. The van der Waals surface area contributed by atoms with Gasteiger partial charge in [-0.05, 0) is 0 Å². The Morgan fingerprint density at radius 1 is 0.848 bits per heavy atom. The Morgan fingerprint density at radius 2 is 1.36 bits per heavy atom. The molecule has 1 fully saturated rings. The molecule has 1 heterocycles. The standard InChI is InChI=1S/C28H34O3SeSi/c1-28(2,3)33(23-16-10-6-11-17-23,24-18-12-7-13-19-24)30-21-26-25(29-4)20-27(31-26)32-22-14-8-5-9-15-22/h5-19,25-27H,20-21H2,1-4H3/t25-,26+,27?/m0/s1. The average Bonchev–Trinajstić information content (AvgIpc) is 3.22. The van der Waals surface area contributed by atoms with Gasteiger partial charge in [0.05, 0.1) is 0 Å². The first-order valence-electron chi connectivity index (χ1n) is 11.6. The summed E-state index contributed by atoms with van der Waals surface area (Å²) in [6, 6.07) is 32.2. The van der Waals surface area contributed by atoms with Gasteiger partial charge in [0.1, 0.15) is 0 Å². The molecule has 0 spiro atoms. The Hall–Kier alpha value is -1.72. The van der Waals surface area contributed by atoms with Crippen LogP contribution in [0.5, 0.6) is 0 Å². The molecule has 1 unspecified atom stereocenters. The topological polar surface area (TPSA) is 27.7 Å². The first-order chi connectivity index (χ1) is 15.9. The molecule has 1 saturated heterocycles. The molecular weight excluding hydrogens is 491 g/mol. The summed E-state index contributed by atoms with van der Waals surface area (Å²) in [4.78, 5) is 0. The minimum absolute atomic E-state index is 0.0513. The molecule has 0 saturated carbocycles. The SMILES string of the molecule is CO[C@H]1CC([Se]c2ccccc2)O[C@@H]1CO[Si](c1ccccc1)(c1ccccc1)C(C)(C)C. The van der Waals surface area contributed by atoms with Gasteiger partial charge in [0.15, 0.2) is 0 Å². The zero-order chi connectivity index (χ0) is 23.3. The van der Waals surface area contributed by atoms with Gasteiger partial charge >= 0.3 is 206 Å². The predicted molar refractivity (Wildman–Crippen MR) is 139 cm³/mol. The fourth-order valence-corrected chi connectivity index (χ4v) is 11.7. The Labute approximate surface area is 205 Å². The van der Waals surface area contributed by atoms with Crippen LogP contribution < -0.4 is 14.8 Å². The molecule has 33 heavy (non-hydrogen) atoms. The fourth-order valence-electron chi connectivity index (χ4n) is 4.77. The molecular formula is C28H34O3SeSi. The van der Waals surface area contributed by atoms with Crippen molar-refractivity contribution in [1.29, 1.82) is 0 Å². The molecule has 3 aromatic rings. The Bertz CT molecular complexity index is 952. The first-order valence-corrected chi connectivity index (χ1v) is 15.3. The van der Waals surface area contributed by atoms with Gasteiger partial charge in [0.2, 0.25) is 0 Å². The van der Waals surface area contributed by atoms with E-state index in [1.807, 2.05) is 0 Å². The van der Waals surface area contributed by atoms with Crippen LogP contribution >= 0.6 is 0 Å². The molecule has 3 atom stereocenters. The summed E-state index contributed by atoms with van der Waals surface area (Å²) in [6.07, 6.45) is 0.909. The van der Waals surface area contributed by atoms with Crippen molar-refractivity contribution >= 4 is 38.1 Å². The second kappa shape index (κ2) is 10.7. The van der Waals surface area contributed by atoms with E-state index < -0.39 is 8.32 Å². The third-order valence-corrected chi connectivity index (χ3v) is 13.7. The van der Waals surface area contributed by atoms with Gasteiger partial charge in [-0.15, -0.1) is 0 Å². The number of ether oxygens (including phenoxy) is 2. The predicted octanol–water partition coefficient (Wildman–Crippen LogP) is 3.72. The molecule has 1 aliphatic rings. The Balaban J connectivity index is 1.60. The molecule has 5 heteroatoms. The molecule has 0 aliphatic carbocycles. The van der Waals surface area contributed by atoms with Crippen LogP contribution in [0.3, 0.4) is 0 Å². The van der Waals surface area contributed by atoms with Crippen LogP contribution in [0, 0.1) is 0 Å². The van der Waals surface area contributed by atoms with Crippen LogP contribution in [0.25, 0.3) is 0 Å². The maximum absolute atomic E-state index is 7.12. The van der Waals surface area contributed by atoms with E-state index in [1.54, 1.807) is 7.11 Å². The third kappa shape index (κ3) is 5.35. The van der Waals surface area contributed by atoms with Crippen molar-refractivity contribution in [3.05, 3.63) is 91.0 Å². The van der Waals surface area contributed by atoms with E-state index in [2.05, 4.69) is 112 Å². The zero-order valence-electron chi connectivity index (χ0n) is 19.9. The van der Waals surface area contributed by atoms with Gasteiger partial charge in [0.25, 0.3) is 0 Å². The molecule has 0 N–H and O–H groups in total. The average molecular weight is 526 g/mol. The molecule has 3 nitrogen and oxygen atoms in total. The van der Waals surface area contributed by atoms with Crippen LogP contribution in [-0.4, -0.2) is 54.2 Å². The first kappa shape index (κ1) is 24.4. The minimum atomic E-state index is -2.59. The van der Waals surface area contributed by atoms with E-state index in [1.165, 1.54) is 14.8 Å². The van der Waals surface area contributed by atoms with E-state index in [0.29, 0.717) is 6.61 Å². The van der Waals surface area contributed by atoms with E-state index in [9.17, 15) is 0 Å². The van der Waals surface area contributed by atoms with Crippen LogP contribution in [0.15, 0.2) is 91.0 Å². The van der Waals surface area contributed by atoms with Crippen molar-refractivity contribution in [2.24, 2.45) is 0 Å². The number of hydrogen-bond donors (Lipinski definition) is 0. The molecule has 174 valence electrons. The number of rotatable bonds is 8. The zero-order valence-corrected chi connectivity index (χ0v) is 22.7. The number of benzene rings is 3. The molecule has 4 rings (SSSR count). The van der Waals surface area contributed by atoms with Gasteiger partial charge in [-0.1, -0.05) is 0 Å². The molecule has 0 radical (unpaired) electrons. The van der Waals surface area contributed by atoms with Crippen LogP contribution in [0.4, 0.5) is 0 Å². The van der Waals surface area contributed by atoms with E-state index in [0.717, 1.165) is 6.42 Å². The Morgan fingerprint density at radius 3 is 1.85 bits per heavy atom. The van der Waals surface area contributed by atoms with Crippen molar-refractivity contribution in [3.8, 4) is 0 Å². The van der Waals surface area contributed by atoms with Crippen molar-refractivity contribution < 1.29 is 13.9 Å². The summed E-state index contributed by atoms with van der Waals surface area (Å²) in [6.45, 7) is 7.46. The third-order valence-electron chi connectivity index (χ3n) is 6.36. The van der Waals surface area contributed by atoms with Gasteiger partial charge in [-0.25, -0.2) is 0 Å². The van der Waals surface area contributed by atoms with Gasteiger partial charge in [-0.2, -0.15) is 0 Å². The van der Waals surface area contributed by atoms with Gasteiger partial charge in [-0.3, -0.25) is 0 Å². The van der Waals surface area contributed by atoms with E-state index in [4.69, 9.17) is 13.9 Å². The molecule has 0 amide bonds. The van der Waals surface area contributed by atoms with E-state index >= 15 is 0 Å². The van der Waals surface area contributed by atoms with Crippen molar-refractivity contribution in [2.75, 3.05) is 13.7 Å². The quantitative estimate of drug-likeness (QED) is 0.420. The summed E-state index contributed by atoms with van der Waals surface area (Å²) >= 11 is 0.254. The van der Waals surface area contributed by atoms with Crippen molar-refractivity contribution in [1.82, 2.24) is 0 Å². The monoisotopic (exact) mass is 526 g/mol. The number of hydrogen-bond acceptors (Lipinski definition) is 3. The summed E-state index contributed by atoms with van der Waals surface area (Å²) in [5, 5.41) is 2.74. The molecule has 3 aromatic carbocycles. The second-order valence-corrected chi connectivity index (χ2v) is 16.4. The fraction of sp³-hybridized carbons (Fsp3) is 0.357.